The third-order valence-corrected chi connectivity index (χ3v) is 19.6. The van der Waals surface area contributed by atoms with Crippen molar-refractivity contribution < 1.29 is 143 Å². The molecule has 0 aliphatic rings. The van der Waals surface area contributed by atoms with Crippen molar-refractivity contribution in [3.05, 3.63) is 324 Å². The van der Waals surface area contributed by atoms with E-state index in [4.69, 9.17) is 22.1 Å². The number of benzene rings is 6. The van der Waals surface area contributed by atoms with Crippen LogP contribution >= 0.6 is 68.0 Å². The average Bonchev–Trinajstić information content (AvgIpc) is 1.78. The van der Waals surface area contributed by atoms with Gasteiger partial charge >= 0.3 is 0 Å². The van der Waals surface area contributed by atoms with Gasteiger partial charge in [0.15, 0.2) is 0 Å². The Hall–Kier alpha value is -7.32. The van der Waals surface area contributed by atoms with Gasteiger partial charge in [0, 0.05) is 206 Å². The Bertz CT molecular complexity index is 5030. The van der Waals surface area contributed by atoms with Gasteiger partial charge in [0.2, 0.25) is 0 Å². The molecule has 18 aromatic rings. The predicted octanol–water partition coefficient (Wildman–Crippen LogP) is 23.6. The Kier molecular flexibility index (Phi) is 35.2. The fraction of sp³-hybridized carbons (Fsp3) is 0.0370. The molecule has 0 spiro atoms. The van der Waals surface area contributed by atoms with Crippen LogP contribution in [0.5, 0.6) is 0 Å². The summed E-state index contributed by atoms with van der Waals surface area (Å²) in [7, 11) is 1.99. The van der Waals surface area contributed by atoms with Crippen molar-refractivity contribution >= 4 is 68.0 Å². The van der Waals surface area contributed by atoms with Crippen LogP contribution in [-0.4, -0.2) is 34.5 Å². The topological polar surface area (TPSA) is 148 Å². The van der Waals surface area contributed by atoms with E-state index in [0.717, 1.165) is 92.6 Å². The molecule has 0 saturated heterocycles. The van der Waals surface area contributed by atoms with Gasteiger partial charge in [0.25, 0.3) is 0 Å². The van der Waals surface area contributed by atoms with Crippen molar-refractivity contribution in [1.29, 1.82) is 0 Å². The molecule has 12 aromatic heterocycles. The SMILES string of the molecule is Cc1cccc(C)c1-c1cs[c-]c1-c1ncco1.Cn1[c-]c(-c2nccs2)c(-c2ccccc2)c1.[Ir].[Ir].[Ir].[Ir].[Ir].[Ir].[c-]1coc(-c2ccccc2)c1-c1nccs1.[c-]1cscc1-c1ncc(-c2ccccc2)s1.[c-]1occ(-c2ccccc2)c1-c1ncco1.[c-]1occ(-c2ccccc2)c1-c1nccs1. The quantitative estimate of drug-likeness (QED) is 0.108. The molecule has 0 aliphatic carbocycles. The van der Waals surface area contributed by atoms with Gasteiger partial charge in [-0.25, -0.2) is 11.3 Å². The first kappa shape index (κ1) is 84.9. The van der Waals surface area contributed by atoms with Gasteiger partial charge in [-0.1, -0.05) is 248 Å². The Morgan fingerprint density at radius 1 is 0.419 bits per heavy atom. The number of rotatable bonds is 12. The predicted molar refractivity (Wildman–Crippen MR) is 401 cm³/mol. The molecule has 0 unspecified atom stereocenters. The molecule has 0 aliphatic heterocycles. The van der Waals surface area contributed by atoms with Crippen LogP contribution in [0, 0.1) is 50.1 Å². The molecule has 0 saturated carbocycles. The van der Waals surface area contributed by atoms with Crippen LogP contribution in [0.15, 0.2) is 299 Å². The van der Waals surface area contributed by atoms with Gasteiger partial charge in [-0.3, -0.25) is 31.3 Å². The summed E-state index contributed by atoms with van der Waals surface area (Å²) in [4.78, 5) is 26.8. The van der Waals surface area contributed by atoms with Crippen LogP contribution in [0.3, 0.4) is 0 Å². The van der Waals surface area contributed by atoms with E-state index >= 15 is 0 Å². The Balaban J connectivity index is 0.000000174. The summed E-state index contributed by atoms with van der Waals surface area (Å²) in [5, 5.41) is 19.2. The van der Waals surface area contributed by atoms with Gasteiger partial charge in [0.1, 0.15) is 11.8 Å². The number of furan rings is 3. The minimum absolute atomic E-state index is 0. The van der Waals surface area contributed by atoms with Crippen LogP contribution in [0.25, 0.3) is 131 Å². The second kappa shape index (κ2) is 43.5. The summed E-state index contributed by atoms with van der Waals surface area (Å²) in [5.41, 5.74) is 19.5. The first-order valence-electron chi connectivity index (χ1n) is 30.7. The molecule has 105 heavy (non-hydrogen) atoms. The van der Waals surface area contributed by atoms with Crippen molar-refractivity contribution in [2.45, 2.75) is 13.8 Å². The average molecular weight is 2550 g/mol. The van der Waals surface area contributed by atoms with Crippen LogP contribution in [0.1, 0.15) is 11.1 Å². The van der Waals surface area contributed by atoms with Crippen molar-refractivity contribution in [2.24, 2.45) is 7.05 Å². The summed E-state index contributed by atoms with van der Waals surface area (Å²) in [6, 6.07) is 63.3. The molecule has 18 rings (SSSR count). The monoisotopic (exact) mass is 2560 g/mol. The van der Waals surface area contributed by atoms with E-state index in [1.165, 1.54) is 44.5 Å². The summed E-state index contributed by atoms with van der Waals surface area (Å²) >= 11 is 9.73. The molecular formula is C81H55Ir6N7O5S6-6. The standard InChI is InChI=1S/C15H12NOS.C14H11N2S.C13H8NO2.2C13H8NOS.C13H8NS2.6Ir/c1-10-4-3-5-11(2)14(10)12-8-18-9-13(12)15-16-6-7-17-15;1-16-9-12(11-5-3-2-4-6-11)13(10-16)14-15-7-8-17-14;1-2-4-10(5-3-1)11-8-15-9-12(11)13-14-6-7-16-13;1-2-4-10(5-3-1)12-11(6-8-15-12)13-14-7-9-16-13;1-2-4-10(5-3-1)11-8-15-9-12(11)13-14-6-7-16-13;1-2-4-10(5-3-1)12-8-14-13(16-12)11-6-7-15-9-11;;;;;;/h3-8H,1-2H3;2-9H,1H3;1-8H;1-5,7-9H;1-8H;1-5,7-9H;;;;;;/q6*-1;;;;;;. The summed E-state index contributed by atoms with van der Waals surface area (Å²) in [6.07, 6.45) is 29.7. The third kappa shape index (κ3) is 22.2. The number of hydrogen-bond donors (Lipinski definition) is 0. The van der Waals surface area contributed by atoms with Crippen molar-refractivity contribution in [1.82, 2.24) is 34.5 Å². The van der Waals surface area contributed by atoms with Crippen LogP contribution < -0.4 is 0 Å². The largest absolute Gasteiger partial charge is 0.565 e. The number of nitrogens with zero attached hydrogens (tertiary/aromatic N) is 7. The van der Waals surface area contributed by atoms with Crippen molar-refractivity contribution in [3.63, 3.8) is 0 Å². The zero-order valence-corrected chi connectivity index (χ0v) is 74.4. The van der Waals surface area contributed by atoms with Crippen LogP contribution in [0.4, 0.5) is 0 Å². The van der Waals surface area contributed by atoms with Crippen molar-refractivity contribution in [2.75, 3.05) is 0 Å². The van der Waals surface area contributed by atoms with E-state index in [9.17, 15) is 0 Å². The molecular weight excluding hydrogens is 2500 g/mol. The Morgan fingerprint density at radius 2 is 0.905 bits per heavy atom. The zero-order valence-electron chi connectivity index (χ0n) is 55.2. The van der Waals surface area contributed by atoms with Crippen LogP contribution in [-0.2, 0) is 128 Å². The molecule has 12 nitrogen and oxygen atoms in total. The van der Waals surface area contributed by atoms with E-state index in [1.807, 2.05) is 161 Å². The molecule has 6 radical (unpaired) electrons. The van der Waals surface area contributed by atoms with E-state index in [-0.39, 0.29) is 121 Å². The number of aromatic nitrogens is 7. The molecule has 540 valence electrons. The first-order chi connectivity index (χ1) is 48.9. The second-order valence-corrected chi connectivity index (χ2v) is 26.5. The summed E-state index contributed by atoms with van der Waals surface area (Å²) < 4.78 is 28.3. The number of aryl methyl sites for hydroxylation is 3. The fourth-order valence-corrected chi connectivity index (χ4v) is 14.5. The molecule has 12 heterocycles. The van der Waals surface area contributed by atoms with E-state index in [1.54, 1.807) is 118 Å². The minimum atomic E-state index is 0. The molecule has 0 amide bonds. The molecule has 6 aromatic carbocycles. The maximum absolute atomic E-state index is 5.49. The maximum Gasteiger partial charge on any atom is 0.143 e. The summed E-state index contributed by atoms with van der Waals surface area (Å²) in [5.74, 6) is 1.98. The smallest absolute Gasteiger partial charge is 0.143 e. The Morgan fingerprint density at radius 3 is 1.41 bits per heavy atom. The fourth-order valence-electron chi connectivity index (χ4n) is 10.3. The number of oxazole rings is 2. The molecule has 0 fully saturated rings. The van der Waals surface area contributed by atoms with E-state index in [0.29, 0.717) is 11.8 Å². The number of thiophene rings is 2. The van der Waals surface area contributed by atoms with Gasteiger partial charge in [-0.15, -0.1) is 45.3 Å². The Labute approximate surface area is 713 Å². The summed E-state index contributed by atoms with van der Waals surface area (Å²) in [6.45, 7) is 4.25. The van der Waals surface area contributed by atoms with E-state index in [2.05, 4.69) is 152 Å². The second-order valence-electron chi connectivity index (χ2n) is 21.3. The van der Waals surface area contributed by atoms with Gasteiger partial charge in [0.05, 0.1) is 24.9 Å². The number of hydrogen-bond acceptors (Lipinski definition) is 17. The third-order valence-electron chi connectivity index (χ3n) is 14.8. The number of thiazole rings is 4. The minimum Gasteiger partial charge on any atom is -0.565 e. The van der Waals surface area contributed by atoms with Crippen molar-refractivity contribution in [3.8, 4) is 131 Å². The maximum atomic E-state index is 5.49. The molecule has 0 atom stereocenters. The molecule has 0 bridgehead atoms. The first-order valence-corrected chi connectivity index (χ1v) is 36.0. The molecule has 24 heteroatoms. The molecule has 0 N–H and O–H groups in total. The van der Waals surface area contributed by atoms with Gasteiger partial charge in [-0.05, 0) is 55.5 Å². The van der Waals surface area contributed by atoms with Gasteiger partial charge < -0.3 is 36.6 Å². The zero-order chi connectivity index (χ0) is 67.4. The van der Waals surface area contributed by atoms with Crippen LogP contribution in [0.2, 0.25) is 0 Å². The van der Waals surface area contributed by atoms with Gasteiger partial charge in [-0.2, -0.15) is 51.4 Å². The normalized spacial score (nSPS) is 9.97. The van der Waals surface area contributed by atoms with E-state index < -0.39 is 0 Å².